The van der Waals surface area contributed by atoms with Crippen LogP contribution in [0.4, 0.5) is 5.82 Å². The minimum atomic E-state index is 0.380. The first-order valence-electron chi connectivity index (χ1n) is 12.7. The summed E-state index contributed by atoms with van der Waals surface area (Å²) in [5, 5.41) is 7.25. The Hall–Kier alpha value is -3.00. The molecule has 6 rings (SSSR count). The lowest BCUT2D eigenvalue weighted by Gasteiger charge is -2.33. The van der Waals surface area contributed by atoms with Gasteiger partial charge >= 0.3 is 6.01 Å². The number of hydrogen-bond donors (Lipinski definition) is 1. The van der Waals surface area contributed by atoms with E-state index in [0.29, 0.717) is 35.4 Å². The summed E-state index contributed by atoms with van der Waals surface area (Å²) >= 11 is 6.62. The Labute approximate surface area is 216 Å². The highest BCUT2D eigenvalue weighted by molar-refractivity contribution is 6.36. The number of halogens is 1. The van der Waals surface area contributed by atoms with Crippen LogP contribution in [0.2, 0.25) is 5.02 Å². The lowest BCUT2D eigenvalue weighted by atomic mass is 10.0. The standard InChI is InChI=1S/C28H31ClN6O/c1-18-16-35(15-13-30-18)27-22-11-12-24(21-9-3-6-19-7-4-10-23(29)25(19)21)31-26(22)32-28(33-27)36-17-20-8-5-14-34(20)2/h3-4,6-7,9-12,18,20,30H,5,8,13-17H2,1-2H3/t18-,20?/m1/s1. The number of fused-ring (bicyclic) bond motifs is 2. The largest absolute Gasteiger partial charge is 0.462 e. The molecule has 36 heavy (non-hydrogen) atoms. The molecule has 8 heteroatoms. The molecule has 1 N–H and O–H groups in total. The number of pyridine rings is 1. The van der Waals surface area contributed by atoms with E-state index in [0.717, 1.165) is 65.8 Å². The van der Waals surface area contributed by atoms with E-state index in [9.17, 15) is 0 Å². The summed E-state index contributed by atoms with van der Waals surface area (Å²) in [4.78, 5) is 19.4. The van der Waals surface area contributed by atoms with Gasteiger partial charge in [0.1, 0.15) is 12.4 Å². The molecule has 0 spiro atoms. The van der Waals surface area contributed by atoms with Crippen molar-refractivity contribution in [1.29, 1.82) is 0 Å². The number of nitrogens with zero attached hydrogens (tertiary/aromatic N) is 5. The molecule has 0 saturated carbocycles. The first kappa shape index (κ1) is 23.4. The van der Waals surface area contributed by atoms with E-state index in [1.807, 2.05) is 24.3 Å². The zero-order valence-corrected chi connectivity index (χ0v) is 21.5. The molecule has 0 amide bonds. The van der Waals surface area contributed by atoms with Gasteiger partial charge in [-0.3, -0.25) is 0 Å². The molecule has 2 aliphatic rings. The maximum absolute atomic E-state index is 6.62. The van der Waals surface area contributed by atoms with Crippen LogP contribution < -0.4 is 15.0 Å². The van der Waals surface area contributed by atoms with Gasteiger partial charge in [-0.25, -0.2) is 4.98 Å². The molecule has 4 aromatic rings. The number of nitrogens with one attached hydrogen (secondary N) is 1. The highest BCUT2D eigenvalue weighted by atomic mass is 35.5. The van der Waals surface area contributed by atoms with Crippen molar-refractivity contribution in [1.82, 2.24) is 25.2 Å². The number of hydrogen-bond acceptors (Lipinski definition) is 7. The van der Waals surface area contributed by atoms with Crippen LogP contribution in [-0.2, 0) is 0 Å². The van der Waals surface area contributed by atoms with Crippen molar-refractivity contribution < 1.29 is 4.74 Å². The Balaban J connectivity index is 1.44. The Morgan fingerprint density at radius 2 is 1.92 bits per heavy atom. The van der Waals surface area contributed by atoms with E-state index in [-0.39, 0.29) is 0 Å². The minimum absolute atomic E-state index is 0.380. The molecular formula is C28H31ClN6O. The molecule has 0 bridgehead atoms. The van der Waals surface area contributed by atoms with Crippen LogP contribution in [0.5, 0.6) is 6.01 Å². The summed E-state index contributed by atoms with van der Waals surface area (Å²) in [6.07, 6.45) is 2.34. The average Bonchev–Trinajstić information content (AvgIpc) is 3.31. The van der Waals surface area contributed by atoms with E-state index >= 15 is 0 Å². The third kappa shape index (κ3) is 4.47. The normalized spacial score (nSPS) is 20.9. The van der Waals surface area contributed by atoms with Gasteiger partial charge in [-0.1, -0.05) is 41.9 Å². The molecule has 7 nitrogen and oxygen atoms in total. The molecule has 2 fully saturated rings. The Kier molecular flexibility index (Phi) is 6.37. The summed E-state index contributed by atoms with van der Waals surface area (Å²) in [6.45, 7) is 6.55. The van der Waals surface area contributed by atoms with Gasteiger partial charge in [0.25, 0.3) is 0 Å². The maximum atomic E-state index is 6.62. The van der Waals surface area contributed by atoms with Crippen LogP contribution in [-0.4, -0.2) is 71.8 Å². The van der Waals surface area contributed by atoms with Crippen LogP contribution in [0.15, 0.2) is 48.5 Å². The van der Waals surface area contributed by atoms with Crippen LogP contribution in [0.25, 0.3) is 33.1 Å². The summed E-state index contributed by atoms with van der Waals surface area (Å²) in [7, 11) is 2.15. The number of piperazine rings is 1. The third-order valence-corrected chi connectivity index (χ3v) is 7.71. The fraction of sp³-hybridized carbons (Fsp3) is 0.393. The van der Waals surface area contributed by atoms with E-state index < -0.39 is 0 Å². The number of rotatable bonds is 5. The van der Waals surface area contributed by atoms with E-state index in [2.05, 4.69) is 53.4 Å². The van der Waals surface area contributed by atoms with Crippen LogP contribution in [0.1, 0.15) is 19.8 Å². The van der Waals surface area contributed by atoms with Gasteiger partial charge in [0.2, 0.25) is 0 Å². The number of benzene rings is 2. The second kappa shape index (κ2) is 9.81. The molecular weight excluding hydrogens is 472 g/mol. The van der Waals surface area contributed by atoms with E-state index in [4.69, 9.17) is 31.3 Å². The first-order valence-corrected chi connectivity index (χ1v) is 13.1. The molecule has 2 saturated heterocycles. The summed E-state index contributed by atoms with van der Waals surface area (Å²) < 4.78 is 6.19. The van der Waals surface area contributed by atoms with Crippen molar-refractivity contribution in [2.45, 2.75) is 31.8 Å². The highest BCUT2D eigenvalue weighted by Gasteiger charge is 2.24. The topological polar surface area (TPSA) is 66.4 Å². The third-order valence-electron chi connectivity index (χ3n) is 7.39. The van der Waals surface area contributed by atoms with Gasteiger partial charge in [0.05, 0.1) is 11.1 Å². The number of likely N-dealkylation sites (N-methyl/N-ethyl adjacent to an activating group) is 1. The Morgan fingerprint density at radius 3 is 2.72 bits per heavy atom. The van der Waals surface area contributed by atoms with Crippen molar-refractivity contribution in [2.24, 2.45) is 0 Å². The van der Waals surface area contributed by atoms with Crippen LogP contribution in [0.3, 0.4) is 0 Å². The number of ether oxygens (including phenoxy) is 1. The maximum Gasteiger partial charge on any atom is 0.320 e. The minimum Gasteiger partial charge on any atom is -0.462 e. The van der Waals surface area contributed by atoms with Gasteiger partial charge in [0.15, 0.2) is 5.65 Å². The molecule has 1 unspecified atom stereocenters. The van der Waals surface area contributed by atoms with Crippen molar-refractivity contribution >= 4 is 39.2 Å². The summed E-state index contributed by atoms with van der Waals surface area (Å²) in [6, 6.07) is 17.5. The molecule has 186 valence electrons. The van der Waals surface area contributed by atoms with Gasteiger partial charge in [-0.15, -0.1) is 0 Å². The molecule has 2 aromatic carbocycles. The van der Waals surface area contributed by atoms with Gasteiger partial charge < -0.3 is 19.9 Å². The molecule has 2 atom stereocenters. The number of likely N-dealkylation sites (tertiary alicyclic amines) is 1. The lowest BCUT2D eigenvalue weighted by molar-refractivity contribution is 0.188. The zero-order valence-electron chi connectivity index (χ0n) is 20.7. The molecule has 2 aliphatic heterocycles. The number of anilines is 1. The van der Waals surface area contributed by atoms with Crippen molar-refractivity contribution in [3.8, 4) is 17.3 Å². The summed E-state index contributed by atoms with van der Waals surface area (Å²) in [5.74, 6) is 0.887. The van der Waals surface area contributed by atoms with Gasteiger partial charge in [-0.05, 0) is 56.9 Å². The Bertz CT molecular complexity index is 1410. The Morgan fingerprint density at radius 1 is 1.06 bits per heavy atom. The van der Waals surface area contributed by atoms with Crippen LogP contribution >= 0.6 is 11.6 Å². The van der Waals surface area contributed by atoms with E-state index in [1.165, 1.54) is 6.42 Å². The fourth-order valence-corrected chi connectivity index (χ4v) is 5.71. The molecule has 2 aromatic heterocycles. The second-order valence-corrected chi connectivity index (χ2v) is 10.3. The summed E-state index contributed by atoms with van der Waals surface area (Å²) in [5.41, 5.74) is 2.47. The SMILES string of the molecule is C[C@@H]1CN(c2nc(OCC3CCCN3C)nc3nc(-c4cccc5cccc(Cl)c45)ccc23)CCN1. The van der Waals surface area contributed by atoms with Crippen molar-refractivity contribution in [3.63, 3.8) is 0 Å². The average molecular weight is 503 g/mol. The highest BCUT2D eigenvalue weighted by Crippen LogP contribution is 2.35. The predicted molar refractivity (Wildman–Crippen MR) is 146 cm³/mol. The number of aromatic nitrogens is 3. The fourth-order valence-electron chi connectivity index (χ4n) is 5.42. The molecule has 4 heterocycles. The second-order valence-electron chi connectivity index (χ2n) is 9.93. The van der Waals surface area contributed by atoms with Crippen molar-refractivity contribution in [3.05, 3.63) is 53.6 Å². The molecule has 0 radical (unpaired) electrons. The quantitative estimate of drug-likeness (QED) is 0.421. The van der Waals surface area contributed by atoms with E-state index in [1.54, 1.807) is 0 Å². The van der Waals surface area contributed by atoms with Gasteiger partial charge in [0, 0.05) is 47.7 Å². The smallest absolute Gasteiger partial charge is 0.320 e. The predicted octanol–water partition coefficient (Wildman–Crippen LogP) is 4.77. The van der Waals surface area contributed by atoms with Crippen molar-refractivity contribution in [2.75, 3.05) is 44.7 Å². The monoisotopic (exact) mass is 502 g/mol. The van der Waals surface area contributed by atoms with Crippen LogP contribution in [0, 0.1) is 0 Å². The molecule has 0 aliphatic carbocycles. The first-order chi connectivity index (χ1) is 17.6. The zero-order chi connectivity index (χ0) is 24.6. The van der Waals surface area contributed by atoms with Gasteiger partial charge in [-0.2, -0.15) is 9.97 Å². The lowest BCUT2D eigenvalue weighted by Crippen LogP contribution is -2.49.